The molecule has 0 bridgehead atoms. The Hall–Kier alpha value is -0.610. The maximum atomic E-state index is 12.3. The number of hydrogen-bond donors (Lipinski definition) is 1. The molecular weight excluding hydrogens is 240 g/mol. The summed E-state index contributed by atoms with van der Waals surface area (Å²) < 4.78 is 0. The second kappa shape index (κ2) is 7.25. The van der Waals surface area contributed by atoms with E-state index >= 15 is 0 Å². The van der Waals surface area contributed by atoms with E-state index in [0.29, 0.717) is 11.8 Å². The van der Waals surface area contributed by atoms with Crippen LogP contribution in [0.25, 0.3) is 0 Å². The number of carbonyl (C=O) groups excluding carboxylic acids is 1. The van der Waals surface area contributed by atoms with E-state index in [1.54, 1.807) is 0 Å². The van der Waals surface area contributed by atoms with Gasteiger partial charge in [-0.15, -0.1) is 0 Å². The highest BCUT2D eigenvalue weighted by molar-refractivity contribution is 5.76. The Morgan fingerprint density at radius 3 is 2.58 bits per heavy atom. The van der Waals surface area contributed by atoms with Gasteiger partial charge in [-0.05, 0) is 24.7 Å². The lowest BCUT2D eigenvalue weighted by Gasteiger charge is -2.35. The van der Waals surface area contributed by atoms with Crippen molar-refractivity contribution in [2.75, 3.05) is 39.3 Å². The normalized spacial score (nSPS) is 29.5. The van der Waals surface area contributed by atoms with Gasteiger partial charge < -0.3 is 10.0 Å². The summed E-state index contributed by atoms with van der Waals surface area (Å²) >= 11 is 0. The van der Waals surface area contributed by atoms with E-state index in [1.807, 2.05) is 4.90 Å². The van der Waals surface area contributed by atoms with Crippen LogP contribution in [-0.4, -0.2) is 60.1 Å². The summed E-state index contributed by atoms with van der Waals surface area (Å²) in [6.45, 7) is 6.75. The molecule has 1 N–H and O–H groups in total. The minimum Gasteiger partial charge on any atom is -0.395 e. The van der Waals surface area contributed by atoms with E-state index in [4.69, 9.17) is 5.11 Å². The van der Waals surface area contributed by atoms with Gasteiger partial charge in [0.05, 0.1) is 6.61 Å². The van der Waals surface area contributed by atoms with E-state index in [9.17, 15) is 4.79 Å². The molecule has 19 heavy (non-hydrogen) atoms. The number of nitrogens with zero attached hydrogens (tertiary/aromatic N) is 2. The van der Waals surface area contributed by atoms with Crippen LogP contribution in [0.2, 0.25) is 0 Å². The lowest BCUT2D eigenvalue weighted by Crippen LogP contribution is -2.49. The lowest BCUT2D eigenvalue weighted by atomic mass is 9.80. The molecule has 2 atom stereocenters. The topological polar surface area (TPSA) is 43.8 Å². The Balaban J connectivity index is 1.72. The zero-order valence-corrected chi connectivity index (χ0v) is 12.2. The number of amides is 1. The quantitative estimate of drug-likeness (QED) is 0.837. The van der Waals surface area contributed by atoms with Gasteiger partial charge in [0.2, 0.25) is 5.91 Å². The van der Waals surface area contributed by atoms with Crippen LogP contribution in [0, 0.1) is 11.8 Å². The zero-order valence-electron chi connectivity index (χ0n) is 12.2. The molecular formula is C15H28N2O2. The third-order valence-electron chi connectivity index (χ3n) is 4.65. The summed E-state index contributed by atoms with van der Waals surface area (Å²) in [6, 6.07) is 0. The highest BCUT2D eigenvalue weighted by atomic mass is 16.3. The maximum Gasteiger partial charge on any atom is 0.222 e. The molecule has 2 rings (SSSR count). The number of carbonyl (C=O) groups is 1. The van der Waals surface area contributed by atoms with Gasteiger partial charge in [-0.25, -0.2) is 0 Å². The van der Waals surface area contributed by atoms with Gasteiger partial charge in [0.15, 0.2) is 0 Å². The molecule has 0 radical (unpaired) electrons. The molecule has 0 spiro atoms. The predicted octanol–water partition coefficient (Wildman–Crippen LogP) is 1.34. The predicted molar refractivity (Wildman–Crippen MR) is 75.8 cm³/mol. The number of aliphatic hydroxyl groups is 1. The number of aliphatic hydroxyl groups excluding tert-OH is 1. The molecule has 1 amide bonds. The van der Waals surface area contributed by atoms with E-state index in [2.05, 4.69) is 11.8 Å². The Labute approximate surface area is 116 Å². The van der Waals surface area contributed by atoms with Crippen molar-refractivity contribution in [1.29, 1.82) is 0 Å². The number of hydrogen-bond acceptors (Lipinski definition) is 3. The maximum absolute atomic E-state index is 12.3. The van der Waals surface area contributed by atoms with Crippen molar-refractivity contribution in [2.45, 2.75) is 39.0 Å². The molecule has 1 aliphatic heterocycles. The van der Waals surface area contributed by atoms with E-state index in [0.717, 1.165) is 45.1 Å². The van der Waals surface area contributed by atoms with Crippen molar-refractivity contribution >= 4 is 5.91 Å². The SMILES string of the molecule is C[C@@H]1CCC[C@H](CC(=O)N2CCN(CCO)CC2)C1. The number of piperazine rings is 1. The summed E-state index contributed by atoms with van der Waals surface area (Å²) in [7, 11) is 0. The molecule has 1 saturated heterocycles. The first kappa shape index (κ1) is 14.8. The van der Waals surface area contributed by atoms with Gasteiger partial charge in [-0.3, -0.25) is 9.69 Å². The van der Waals surface area contributed by atoms with Crippen LogP contribution < -0.4 is 0 Å². The molecule has 0 aromatic rings. The van der Waals surface area contributed by atoms with Crippen LogP contribution >= 0.6 is 0 Å². The minimum absolute atomic E-state index is 0.216. The van der Waals surface area contributed by atoms with Crippen molar-refractivity contribution in [2.24, 2.45) is 11.8 Å². The van der Waals surface area contributed by atoms with Crippen molar-refractivity contribution < 1.29 is 9.90 Å². The molecule has 110 valence electrons. The fourth-order valence-corrected chi connectivity index (χ4v) is 3.48. The second-order valence-corrected chi connectivity index (χ2v) is 6.29. The third kappa shape index (κ3) is 4.46. The van der Waals surface area contributed by atoms with Gasteiger partial charge in [0, 0.05) is 39.1 Å². The molecule has 1 heterocycles. The molecule has 0 aromatic carbocycles. The van der Waals surface area contributed by atoms with Gasteiger partial charge in [-0.1, -0.05) is 19.8 Å². The molecule has 2 fully saturated rings. The third-order valence-corrected chi connectivity index (χ3v) is 4.65. The second-order valence-electron chi connectivity index (χ2n) is 6.29. The Morgan fingerprint density at radius 2 is 1.95 bits per heavy atom. The summed E-state index contributed by atoms with van der Waals surface area (Å²) in [4.78, 5) is 16.5. The monoisotopic (exact) mass is 268 g/mol. The van der Waals surface area contributed by atoms with Crippen LogP contribution in [0.15, 0.2) is 0 Å². The average Bonchev–Trinajstić information content (AvgIpc) is 2.40. The van der Waals surface area contributed by atoms with Crippen LogP contribution in [-0.2, 0) is 4.79 Å². The first-order valence-electron chi connectivity index (χ1n) is 7.80. The summed E-state index contributed by atoms with van der Waals surface area (Å²) in [5.74, 6) is 1.77. The van der Waals surface area contributed by atoms with Crippen molar-refractivity contribution in [1.82, 2.24) is 9.80 Å². The van der Waals surface area contributed by atoms with Crippen molar-refractivity contribution in [3.8, 4) is 0 Å². The van der Waals surface area contributed by atoms with Crippen LogP contribution in [0.1, 0.15) is 39.0 Å². The van der Waals surface area contributed by atoms with Crippen LogP contribution in [0.4, 0.5) is 0 Å². The van der Waals surface area contributed by atoms with Gasteiger partial charge >= 0.3 is 0 Å². The van der Waals surface area contributed by atoms with Gasteiger partial charge in [0.1, 0.15) is 0 Å². The van der Waals surface area contributed by atoms with E-state index in [-0.39, 0.29) is 6.61 Å². The first-order chi connectivity index (χ1) is 9.19. The van der Waals surface area contributed by atoms with Crippen LogP contribution in [0.3, 0.4) is 0 Å². The fourth-order valence-electron chi connectivity index (χ4n) is 3.48. The number of rotatable bonds is 4. The molecule has 0 unspecified atom stereocenters. The number of β-amino-alcohol motifs (C(OH)–C–C–N with tert-alkyl or cyclic N) is 1. The standard InChI is InChI=1S/C15H28N2O2/c1-13-3-2-4-14(11-13)12-15(19)17-7-5-16(6-8-17)9-10-18/h13-14,18H,2-12H2,1H3/t13-,14+/m1/s1. The Morgan fingerprint density at radius 1 is 1.21 bits per heavy atom. The molecule has 1 aliphatic carbocycles. The highest BCUT2D eigenvalue weighted by Crippen LogP contribution is 2.31. The fraction of sp³-hybridized carbons (Fsp3) is 0.933. The largest absolute Gasteiger partial charge is 0.395 e. The van der Waals surface area contributed by atoms with Crippen molar-refractivity contribution in [3.05, 3.63) is 0 Å². The molecule has 0 aromatic heterocycles. The lowest BCUT2D eigenvalue weighted by molar-refractivity contribution is -0.134. The smallest absolute Gasteiger partial charge is 0.222 e. The van der Waals surface area contributed by atoms with Crippen molar-refractivity contribution in [3.63, 3.8) is 0 Å². The van der Waals surface area contributed by atoms with E-state index in [1.165, 1.54) is 25.7 Å². The Bertz CT molecular complexity index is 288. The van der Waals surface area contributed by atoms with E-state index < -0.39 is 0 Å². The Kier molecular flexibility index (Phi) is 5.64. The zero-order chi connectivity index (χ0) is 13.7. The minimum atomic E-state index is 0.216. The molecule has 2 aliphatic rings. The van der Waals surface area contributed by atoms with Gasteiger partial charge in [0.25, 0.3) is 0 Å². The summed E-state index contributed by atoms with van der Waals surface area (Å²) in [5.41, 5.74) is 0. The first-order valence-corrected chi connectivity index (χ1v) is 7.80. The summed E-state index contributed by atoms with van der Waals surface area (Å²) in [6.07, 6.45) is 5.86. The highest BCUT2D eigenvalue weighted by Gasteiger charge is 2.25. The molecule has 4 heteroatoms. The molecule has 1 saturated carbocycles. The summed E-state index contributed by atoms with van der Waals surface area (Å²) in [5, 5.41) is 8.91. The van der Waals surface area contributed by atoms with Crippen LogP contribution in [0.5, 0.6) is 0 Å². The average molecular weight is 268 g/mol. The molecule has 4 nitrogen and oxygen atoms in total. The van der Waals surface area contributed by atoms with Gasteiger partial charge in [-0.2, -0.15) is 0 Å².